The zero-order valence-electron chi connectivity index (χ0n) is 13.8. The first-order valence-corrected chi connectivity index (χ1v) is 8.96. The van der Waals surface area contributed by atoms with Crippen LogP contribution in [0.4, 0.5) is 11.4 Å². The minimum absolute atomic E-state index is 0.0637. The van der Waals surface area contributed by atoms with Gasteiger partial charge in [-0.3, -0.25) is 9.59 Å². The van der Waals surface area contributed by atoms with Crippen LogP contribution in [0.15, 0.2) is 42.5 Å². The number of nitrogens with zero attached hydrogens (tertiary/aromatic N) is 1. The Kier molecular flexibility index (Phi) is 4.22. The molecule has 128 valence electrons. The molecule has 0 spiro atoms. The summed E-state index contributed by atoms with van der Waals surface area (Å²) >= 11 is 5.86. The molecule has 1 fully saturated rings. The number of amides is 2. The zero-order valence-corrected chi connectivity index (χ0v) is 14.6. The number of anilines is 2. The van der Waals surface area contributed by atoms with Crippen molar-refractivity contribution in [3.63, 3.8) is 0 Å². The van der Waals surface area contributed by atoms with E-state index < -0.39 is 0 Å². The number of carbonyl (C=O) groups is 2. The monoisotopic (exact) mass is 354 g/mol. The van der Waals surface area contributed by atoms with Crippen molar-refractivity contribution in [2.45, 2.75) is 25.7 Å². The molecule has 1 aliphatic carbocycles. The number of carbonyl (C=O) groups excluding carboxylic acids is 2. The normalized spacial score (nSPS) is 15.8. The first-order valence-electron chi connectivity index (χ1n) is 8.59. The predicted octanol–water partition coefficient (Wildman–Crippen LogP) is 3.82. The maximum atomic E-state index is 12.3. The van der Waals surface area contributed by atoms with Gasteiger partial charge in [0.05, 0.1) is 6.42 Å². The average molecular weight is 355 g/mol. The van der Waals surface area contributed by atoms with Crippen molar-refractivity contribution in [2.75, 3.05) is 16.8 Å². The Morgan fingerprint density at radius 3 is 2.60 bits per heavy atom. The Morgan fingerprint density at radius 1 is 1.12 bits per heavy atom. The quantitative estimate of drug-likeness (QED) is 0.907. The fourth-order valence-electron chi connectivity index (χ4n) is 3.25. The van der Waals surface area contributed by atoms with Crippen LogP contribution in [0.25, 0.3) is 0 Å². The lowest BCUT2D eigenvalue weighted by atomic mass is 10.1. The van der Waals surface area contributed by atoms with E-state index in [-0.39, 0.29) is 17.7 Å². The van der Waals surface area contributed by atoms with Crippen molar-refractivity contribution < 1.29 is 9.59 Å². The first kappa shape index (κ1) is 16.2. The summed E-state index contributed by atoms with van der Waals surface area (Å²) in [7, 11) is 0. The molecule has 0 saturated heterocycles. The molecule has 0 aromatic heterocycles. The maximum absolute atomic E-state index is 12.3. The molecule has 1 saturated carbocycles. The van der Waals surface area contributed by atoms with E-state index in [9.17, 15) is 9.59 Å². The first-order chi connectivity index (χ1) is 12.1. The van der Waals surface area contributed by atoms with Crippen molar-refractivity contribution in [3.05, 3.63) is 58.6 Å². The molecule has 2 aliphatic rings. The number of halogens is 1. The lowest BCUT2D eigenvalue weighted by Gasteiger charge is -2.17. The van der Waals surface area contributed by atoms with Crippen LogP contribution in [-0.2, 0) is 22.4 Å². The van der Waals surface area contributed by atoms with E-state index >= 15 is 0 Å². The summed E-state index contributed by atoms with van der Waals surface area (Å²) in [5.41, 5.74) is 3.81. The van der Waals surface area contributed by atoms with Gasteiger partial charge in [-0.25, -0.2) is 0 Å². The third kappa shape index (κ3) is 3.54. The van der Waals surface area contributed by atoms with Gasteiger partial charge in [-0.2, -0.15) is 0 Å². The molecule has 1 aliphatic heterocycles. The third-order valence-electron chi connectivity index (χ3n) is 4.73. The number of benzene rings is 2. The van der Waals surface area contributed by atoms with Crippen LogP contribution in [0.1, 0.15) is 24.0 Å². The van der Waals surface area contributed by atoms with E-state index in [1.165, 1.54) is 0 Å². The van der Waals surface area contributed by atoms with Gasteiger partial charge in [-0.05, 0) is 60.7 Å². The standard InChI is InChI=1S/C20H19ClN2O2/c21-16-5-1-13(2-6-16)11-19(24)22-17-7-8-18-15(12-17)9-10-23(18)20(25)14-3-4-14/h1-2,5-8,12,14H,3-4,9-11H2,(H,22,24). The van der Waals surface area contributed by atoms with Gasteiger partial charge >= 0.3 is 0 Å². The summed E-state index contributed by atoms with van der Waals surface area (Å²) in [6.07, 6.45) is 3.18. The summed E-state index contributed by atoms with van der Waals surface area (Å²) in [6.45, 7) is 0.743. The smallest absolute Gasteiger partial charge is 0.230 e. The highest BCUT2D eigenvalue weighted by Crippen LogP contribution is 2.37. The predicted molar refractivity (Wildman–Crippen MR) is 99.0 cm³/mol. The van der Waals surface area contributed by atoms with Gasteiger partial charge in [0, 0.05) is 28.9 Å². The minimum atomic E-state index is -0.0637. The van der Waals surface area contributed by atoms with Crippen molar-refractivity contribution in [2.24, 2.45) is 5.92 Å². The molecular formula is C20H19ClN2O2. The molecule has 2 aromatic rings. The second-order valence-corrected chi connectivity index (χ2v) is 7.15. The molecule has 1 N–H and O–H groups in total. The SMILES string of the molecule is O=C(Cc1ccc(Cl)cc1)Nc1ccc2c(c1)CCN2C(=O)C1CC1. The summed E-state index contributed by atoms with van der Waals surface area (Å²) in [6, 6.07) is 13.1. The van der Waals surface area contributed by atoms with E-state index in [1.54, 1.807) is 12.1 Å². The van der Waals surface area contributed by atoms with E-state index in [0.717, 1.165) is 48.3 Å². The lowest BCUT2D eigenvalue weighted by Crippen LogP contribution is -2.30. The van der Waals surface area contributed by atoms with Gasteiger partial charge in [0.15, 0.2) is 0 Å². The minimum Gasteiger partial charge on any atom is -0.326 e. The fourth-order valence-corrected chi connectivity index (χ4v) is 3.38. The van der Waals surface area contributed by atoms with Crippen LogP contribution in [0, 0.1) is 5.92 Å². The highest BCUT2D eigenvalue weighted by Gasteiger charge is 2.36. The Morgan fingerprint density at radius 2 is 1.88 bits per heavy atom. The van der Waals surface area contributed by atoms with Crippen LogP contribution in [0.3, 0.4) is 0 Å². The molecule has 0 radical (unpaired) electrons. The highest BCUT2D eigenvalue weighted by molar-refractivity contribution is 6.30. The lowest BCUT2D eigenvalue weighted by molar-refractivity contribution is -0.119. The van der Waals surface area contributed by atoms with Crippen molar-refractivity contribution in [3.8, 4) is 0 Å². The maximum Gasteiger partial charge on any atom is 0.230 e. The number of rotatable bonds is 4. The second-order valence-electron chi connectivity index (χ2n) is 6.71. The number of nitrogens with one attached hydrogen (secondary N) is 1. The second kappa shape index (κ2) is 6.52. The molecule has 4 nitrogen and oxygen atoms in total. The number of fused-ring (bicyclic) bond motifs is 1. The molecule has 0 unspecified atom stereocenters. The molecule has 2 aromatic carbocycles. The molecule has 5 heteroatoms. The van der Waals surface area contributed by atoms with Gasteiger partial charge in [0.25, 0.3) is 0 Å². The van der Waals surface area contributed by atoms with Crippen molar-refractivity contribution in [1.82, 2.24) is 0 Å². The van der Waals surface area contributed by atoms with Crippen LogP contribution in [-0.4, -0.2) is 18.4 Å². The fraction of sp³-hybridized carbons (Fsp3) is 0.300. The molecule has 25 heavy (non-hydrogen) atoms. The van der Waals surface area contributed by atoms with Crippen LogP contribution in [0.2, 0.25) is 5.02 Å². The number of hydrogen-bond donors (Lipinski definition) is 1. The van der Waals surface area contributed by atoms with Gasteiger partial charge in [-0.15, -0.1) is 0 Å². The van der Waals surface area contributed by atoms with Gasteiger partial charge in [0.1, 0.15) is 0 Å². The molecule has 1 heterocycles. The van der Waals surface area contributed by atoms with E-state index in [1.807, 2.05) is 35.2 Å². The van der Waals surface area contributed by atoms with E-state index in [0.29, 0.717) is 11.4 Å². The molecule has 2 amide bonds. The Hall–Kier alpha value is -2.33. The van der Waals surface area contributed by atoms with E-state index in [2.05, 4.69) is 5.32 Å². The van der Waals surface area contributed by atoms with Crippen molar-refractivity contribution >= 4 is 34.8 Å². The zero-order chi connectivity index (χ0) is 17.4. The summed E-state index contributed by atoms with van der Waals surface area (Å²) < 4.78 is 0. The largest absolute Gasteiger partial charge is 0.326 e. The van der Waals surface area contributed by atoms with Gasteiger partial charge in [0.2, 0.25) is 11.8 Å². The van der Waals surface area contributed by atoms with Crippen LogP contribution >= 0.6 is 11.6 Å². The molecule has 4 rings (SSSR count). The average Bonchev–Trinajstić information content (AvgIpc) is 3.36. The summed E-state index contributed by atoms with van der Waals surface area (Å²) in [5, 5.41) is 3.60. The molecule has 0 bridgehead atoms. The topological polar surface area (TPSA) is 49.4 Å². The Balaban J connectivity index is 1.42. The Bertz CT molecular complexity index is 828. The number of hydrogen-bond acceptors (Lipinski definition) is 2. The van der Waals surface area contributed by atoms with Crippen LogP contribution < -0.4 is 10.2 Å². The van der Waals surface area contributed by atoms with Gasteiger partial charge < -0.3 is 10.2 Å². The summed E-state index contributed by atoms with van der Waals surface area (Å²) in [5.74, 6) is 0.411. The molecular weight excluding hydrogens is 336 g/mol. The van der Waals surface area contributed by atoms with Gasteiger partial charge in [-0.1, -0.05) is 23.7 Å². The van der Waals surface area contributed by atoms with Crippen molar-refractivity contribution in [1.29, 1.82) is 0 Å². The third-order valence-corrected chi connectivity index (χ3v) is 4.98. The highest BCUT2D eigenvalue weighted by atomic mass is 35.5. The molecule has 0 atom stereocenters. The van der Waals surface area contributed by atoms with Crippen LogP contribution in [0.5, 0.6) is 0 Å². The summed E-state index contributed by atoms with van der Waals surface area (Å²) in [4.78, 5) is 26.4. The van der Waals surface area contributed by atoms with E-state index in [4.69, 9.17) is 11.6 Å². The Labute approximate surface area is 151 Å².